The number of hydrogen-bond acceptors (Lipinski definition) is 3. The minimum atomic E-state index is -0.287. The maximum atomic E-state index is 12.8. The molecule has 142 valence electrons. The van der Waals surface area contributed by atoms with Crippen LogP contribution in [0.2, 0.25) is 0 Å². The van der Waals surface area contributed by atoms with E-state index >= 15 is 0 Å². The first-order valence-corrected chi connectivity index (χ1v) is 9.69. The number of rotatable bonds is 7. The van der Waals surface area contributed by atoms with E-state index in [9.17, 15) is 14.0 Å². The van der Waals surface area contributed by atoms with Gasteiger partial charge < -0.3 is 16.0 Å². The van der Waals surface area contributed by atoms with Gasteiger partial charge >= 0.3 is 12.1 Å². The molecule has 27 heavy (non-hydrogen) atoms. The normalized spacial score (nSPS) is 13.4. The van der Waals surface area contributed by atoms with Crippen LogP contribution >= 0.6 is 11.8 Å². The van der Waals surface area contributed by atoms with Crippen molar-refractivity contribution in [3.8, 4) is 0 Å². The number of nitrogens with zero attached hydrogens (tertiary/aromatic N) is 1. The number of carbonyl (C=O) groups is 2. The van der Waals surface area contributed by atoms with Crippen LogP contribution < -0.4 is 20.9 Å². The topological polar surface area (TPSA) is 73.5 Å². The number of thioether (sulfide) groups is 1. The molecule has 0 aliphatic carbocycles. The standard InChI is InChI=1S/C19H21FN4O2S/c20-14-5-7-17(8-6-14)27-12-2-9-21-18(25)23-15-3-1-4-16(13-15)24-11-10-22-19(24)26/h1,3-8,13H,2,9-12H2,(H,22,26)(H2,21,23,25). The van der Waals surface area contributed by atoms with Gasteiger partial charge in [-0.2, -0.15) is 0 Å². The molecule has 0 bridgehead atoms. The molecule has 1 fully saturated rings. The van der Waals surface area contributed by atoms with E-state index in [1.807, 2.05) is 6.07 Å². The van der Waals surface area contributed by atoms with E-state index < -0.39 is 0 Å². The number of halogens is 1. The summed E-state index contributed by atoms with van der Waals surface area (Å²) in [6.45, 7) is 1.77. The monoisotopic (exact) mass is 388 g/mol. The second-order valence-corrected chi connectivity index (χ2v) is 7.14. The zero-order valence-electron chi connectivity index (χ0n) is 14.7. The molecule has 1 aliphatic heterocycles. The molecular weight excluding hydrogens is 367 g/mol. The van der Waals surface area contributed by atoms with Crippen LogP contribution in [0.4, 0.5) is 25.4 Å². The number of amides is 4. The van der Waals surface area contributed by atoms with Crippen molar-refractivity contribution >= 4 is 35.2 Å². The van der Waals surface area contributed by atoms with Crippen molar-refractivity contribution in [3.63, 3.8) is 0 Å². The van der Waals surface area contributed by atoms with Crippen LogP contribution in [0.3, 0.4) is 0 Å². The van der Waals surface area contributed by atoms with E-state index in [1.165, 1.54) is 12.1 Å². The highest BCUT2D eigenvalue weighted by Crippen LogP contribution is 2.21. The van der Waals surface area contributed by atoms with Crippen molar-refractivity contribution in [3.05, 3.63) is 54.3 Å². The summed E-state index contributed by atoms with van der Waals surface area (Å²) in [6, 6.07) is 13.1. The van der Waals surface area contributed by atoms with Crippen LogP contribution in [0.15, 0.2) is 53.4 Å². The molecule has 1 aliphatic rings. The Kier molecular flexibility index (Phi) is 6.54. The molecule has 1 heterocycles. The molecule has 3 N–H and O–H groups in total. The fraction of sp³-hybridized carbons (Fsp3) is 0.263. The largest absolute Gasteiger partial charge is 0.338 e. The zero-order valence-corrected chi connectivity index (χ0v) is 15.5. The van der Waals surface area contributed by atoms with Gasteiger partial charge in [0, 0.05) is 35.9 Å². The molecule has 0 spiro atoms. The molecule has 8 heteroatoms. The molecular formula is C19H21FN4O2S. The van der Waals surface area contributed by atoms with Crippen molar-refractivity contribution in [2.45, 2.75) is 11.3 Å². The highest BCUT2D eigenvalue weighted by molar-refractivity contribution is 7.99. The molecule has 0 atom stereocenters. The first-order valence-electron chi connectivity index (χ1n) is 8.70. The van der Waals surface area contributed by atoms with Gasteiger partial charge in [0.25, 0.3) is 0 Å². The van der Waals surface area contributed by atoms with E-state index in [-0.39, 0.29) is 17.9 Å². The molecule has 0 saturated carbocycles. The lowest BCUT2D eigenvalue weighted by molar-refractivity contribution is 0.251. The fourth-order valence-corrected chi connectivity index (χ4v) is 3.49. The lowest BCUT2D eigenvalue weighted by Crippen LogP contribution is -2.30. The average Bonchev–Trinajstić information content (AvgIpc) is 3.09. The van der Waals surface area contributed by atoms with Gasteiger partial charge in [-0.25, -0.2) is 14.0 Å². The molecule has 2 aromatic rings. The summed E-state index contributed by atoms with van der Waals surface area (Å²) in [5, 5.41) is 8.34. The van der Waals surface area contributed by atoms with Crippen LogP contribution in [-0.4, -0.2) is 37.4 Å². The zero-order chi connectivity index (χ0) is 19.1. The number of urea groups is 2. The van der Waals surface area contributed by atoms with Crippen molar-refractivity contribution in [2.24, 2.45) is 0 Å². The number of benzene rings is 2. The van der Waals surface area contributed by atoms with E-state index in [0.29, 0.717) is 25.3 Å². The first-order chi connectivity index (χ1) is 13.1. The molecule has 6 nitrogen and oxygen atoms in total. The molecule has 2 aromatic carbocycles. The Hall–Kier alpha value is -2.74. The molecule has 3 rings (SSSR count). The molecule has 1 saturated heterocycles. The minimum Gasteiger partial charge on any atom is -0.338 e. The summed E-state index contributed by atoms with van der Waals surface area (Å²) >= 11 is 1.62. The molecule has 0 unspecified atom stereocenters. The Morgan fingerprint density at radius 3 is 2.78 bits per heavy atom. The van der Waals surface area contributed by atoms with Crippen LogP contribution in [0.5, 0.6) is 0 Å². The second-order valence-electron chi connectivity index (χ2n) is 5.97. The Labute approximate surface area is 161 Å². The summed E-state index contributed by atoms with van der Waals surface area (Å²) in [6.07, 6.45) is 0.795. The summed E-state index contributed by atoms with van der Waals surface area (Å²) in [5.74, 6) is 0.581. The third-order valence-electron chi connectivity index (χ3n) is 3.96. The quantitative estimate of drug-likeness (QED) is 0.501. The predicted molar refractivity (Wildman–Crippen MR) is 106 cm³/mol. The molecule has 0 aromatic heterocycles. The minimum absolute atomic E-state index is 0.129. The molecule has 0 radical (unpaired) electrons. The SMILES string of the molecule is O=C(NCCCSc1ccc(F)cc1)Nc1cccc(N2CCNC2=O)c1. The maximum Gasteiger partial charge on any atom is 0.321 e. The fourth-order valence-electron chi connectivity index (χ4n) is 2.64. The van der Waals surface area contributed by atoms with Gasteiger partial charge in [-0.05, 0) is 54.6 Å². The summed E-state index contributed by atoms with van der Waals surface area (Å²) in [4.78, 5) is 26.4. The first kappa shape index (κ1) is 19.0. The lowest BCUT2D eigenvalue weighted by atomic mass is 10.2. The average molecular weight is 388 g/mol. The summed E-state index contributed by atoms with van der Waals surface area (Å²) in [5.41, 5.74) is 1.38. The van der Waals surface area contributed by atoms with Gasteiger partial charge in [-0.15, -0.1) is 11.8 Å². The van der Waals surface area contributed by atoms with Crippen LogP contribution in [0.25, 0.3) is 0 Å². The summed E-state index contributed by atoms with van der Waals surface area (Å²) < 4.78 is 12.8. The predicted octanol–water partition coefficient (Wildman–Crippen LogP) is 3.66. The van der Waals surface area contributed by atoms with Crippen molar-refractivity contribution in [2.75, 3.05) is 35.6 Å². The van der Waals surface area contributed by atoms with Crippen LogP contribution in [0, 0.1) is 5.82 Å². The van der Waals surface area contributed by atoms with E-state index in [1.54, 1.807) is 47.0 Å². The Bertz CT molecular complexity index is 801. The number of anilines is 2. The Balaban J connectivity index is 1.39. The Morgan fingerprint density at radius 2 is 2.04 bits per heavy atom. The van der Waals surface area contributed by atoms with E-state index in [2.05, 4.69) is 16.0 Å². The number of carbonyl (C=O) groups excluding carboxylic acids is 2. The molecule has 4 amide bonds. The number of nitrogens with one attached hydrogen (secondary N) is 3. The van der Waals surface area contributed by atoms with Crippen molar-refractivity contribution in [1.29, 1.82) is 0 Å². The highest BCUT2D eigenvalue weighted by atomic mass is 32.2. The third-order valence-corrected chi connectivity index (χ3v) is 5.06. The van der Waals surface area contributed by atoms with Gasteiger partial charge in [-0.3, -0.25) is 4.90 Å². The third kappa shape index (κ3) is 5.62. The second kappa shape index (κ2) is 9.27. The highest BCUT2D eigenvalue weighted by Gasteiger charge is 2.21. The summed E-state index contributed by atoms with van der Waals surface area (Å²) in [7, 11) is 0. The Morgan fingerprint density at radius 1 is 1.22 bits per heavy atom. The van der Waals surface area contributed by atoms with Gasteiger partial charge in [0.1, 0.15) is 5.82 Å². The van der Waals surface area contributed by atoms with E-state index in [0.717, 1.165) is 22.8 Å². The number of hydrogen-bond donors (Lipinski definition) is 3. The van der Waals surface area contributed by atoms with Crippen LogP contribution in [-0.2, 0) is 0 Å². The van der Waals surface area contributed by atoms with Gasteiger partial charge in [-0.1, -0.05) is 6.07 Å². The maximum absolute atomic E-state index is 12.8. The van der Waals surface area contributed by atoms with Crippen molar-refractivity contribution in [1.82, 2.24) is 10.6 Å². The van der Waals surface area contributed by atoms with Gasteiger partial charge in [0.2, 0.25) is 0 Å². The lowest BCUT2D eigenvalue weighted by Gasteiger charge is -2.15. The van der Waals surface area contributed by atoms with Gasteiger partial charge in [0.05, 0.1) is 0 Å². The van der Waals surface area contributed by atoms with Gasteiger partial charge in [0.15, 0.2) is 0 Å². The van der Waals surface area contributed by atoms with E-state index in [4.69, 9.17) is 0 Å². The smallest absolute Gasteiger partial charge is 0.321 e. The van der Waals surface area contributed by atoms with Crippen LogP contribution in [0.1, 0.15) is 6.42 Å². The van der Waals surface area contributed by atoms with Crippen molar-refractivity contribution < 1.29 is 14.0 Å².